The lowest BCUT2D eigenvalue weighted by molar-refractivity contribution is 0.0773. The minimum atomic E-state index is 0.0776. The van der Waals surface area contributed by atoms with Gasteiger partial charge in [-0.15, -0.1) is 0 Å². The number of carbonyl (C=O) groups excluding carboxylic acids is 1. The van der Waals surface area contributed by atoms with Crippen molar-refractivity contribution < 1.29 is 9.32 Å². The van der Waals surface area contributed by atoms with Crippen LogP contribution in [0.2, 0.25) is 0 Å². The number of aromatic amines is 1. The molecule has 3 heterocycles. The number of rotatable bonds is 4. The maximum absolute atomic E-state index is 12.5. The lowest BCUT2D eigenvalue weighted by Gasteiger charge is -2.23. The average Bonchev–Trinajstić information content (AvgIpc) is 3.19. The Bertz CT molecular complexity index is 662. The molecule has 0 bridgehead atoms. The fraction of sp³-hybridized carbons (Fsp3) is 0.533. The Kier molecular flexibility index (Phi) is 3.98. The van der Waals surface area contributed by atoms with Crippen molar-refractivity contribution >= 4 is 5.91 Å². The average molecular weight is 303 g/mol. The van der Waals surface area contributed by atoms with E-state index in [1.807, 2.05) is 24.9 Å². The predicted molar refractivity (Wildman–Crippen MR) is 80.3 cm³/mol. The zero-order valence-electron chi connectivity index (χ0n) is 13.2. The van der Waals surface area contributed by atoms with Crippen molar-refractivity contribution in [2.45, 2.75) is 32.9 Å². The molecule has 2 aromatic rings. The van der Waals surface area contributed by atoms with Crippen LogP contribution in [0.15, 0.2) is 16.8 Å². The molecule has 0 radical (unpaired) electrons. The van der Waals surface area contributed by atoms with Crippen molar-refractivity contribution in [2.24, 2.45) is 0 Å². The second-order valence-electron chi connectivity index (χ2n) is 5.87. The minimum absolute atomic E-state index is 0.0776. The van der Waals surface area contributed by atoms with E-state index in [9.17, 15) is 4.79 Å². The molecule has 1 saturated heterocycles. The first-order valence-electron chi connectivity index (χ1n) is 7.47. The van der Waals surface area contributed by atoms with E-state index in [0.717, 1.165) is 25.1 Å². The van der Waals surface area contributed by atoms with Gasteiger partial charge in [-0.2, -0.15) is 4.98 Å². The summed E-state index contributed by atoms with van der Waals surface area (Å²) in [6, 6.07) is 2.24. The van der Waals surface area contributed by atoms with Gasteiger partial charge in [0.05, 0.1) is 6.54 Å². The summed E-state index contributed by atoms with van der Waals surface area (Å²) < 4.78 is 4.99. The van der Waals surface area contributed by atoms with Crippen molar-refractivity contribution in [1.29, 1.82) is 0 Å². The van der Waals surface area contributed by atoms with Gasteiger partial charge in [0, 0.05) is 32.3 Å². The highest BCUT2D eigenvalue weighted by Crippen LogP contribution is 2.19. The lowest BCUT2D eigenvalue weighted by Crippen LogP contribution is -2.36. The molecular formula is C15H21N5O2. The summed E-state index contributed by atoms with van der Waals surface area (Å²) in [7, 11) is 2.03. The standard InChI is InChI=1S/C15H21N5O2/c1-10-4-6-16-14(10)15(21)20-7-5-12(8-20)19(3)9-13-17-11(2)22-18-13/h4,6,12,16H,5,7-9H2,1-3H3. The zero-order chi connectivity index (χ0) is 15.7. The first-order chi connectivity index (χ1) is 10.5. The Morgan fingerprint density at radius 3 is 3.00 bits per heavy atom. The number of H-pyrrole nitrogens is 1. The van der Waals surface area contributed by atoms with E-state index >= 15 is 0 Å². The number of nitrogens with zero attached hydrogens (tertiary/aromatic N) is 4. The molecule has 3 rings (SSSR count). The van der Waals surface area contributed by atoms with E-state index in [1.165, 1.54) is 0 Å². The summed E-state index contributed by atoms with van der Waals surface area (Å²) in [5, 5.41) is 3.92. The maximum Gasteiger partial charge on any atom is 0.270 e. The number of hydrogen-bond donors (Lipinski definition) is 1. The number of carbonyl (C=O) groups is 1. The highest BCUT2D eigenvalue weighted by atomic mass is 16.5. The zero-order valence-corrected chi connectivity index (χ0v) is 13.2. The fourth-order valence-electron chi connectivity index (χ4n) is 2.88. The monoisotopic (exact) mass is 303 g/mol. The third-order valence-electron chi connectivity index (χ3n) is 4.20. The molecule has 1 atom stereocenters. The van der Waals surface area contributed by atoms with Crippen molar-refractivity contribution in [1.82, 2.24) is 24.9 Å². The van der Waals surface area contributed by atoms with Crippen LogP contribution in [0.25, 0.3) is 0 Å². The second-order valence-corrected chi connectivity index (χ2v) is 5.87. The molecule has 118 valence electrons. The molecule has 0 aliphatic carbocycles. The number of aryl methyl sites for hydroxylation is 2. The van der Waals surface area contributed by atoms with Crippen molar-refractivity contribution in [3.63, 3.8) is 0 Å². The summed E-state index contributed by atoms with van der Waals surface area (Å²) in [6.45, 7) is 5.86. The van der Waals surface area contributed by atoms with Crippen LogP contribution in [0.5, 0.6) is 0 Å². The van der Waals surface area contributed by atoms with Gasteiger partial charge < -0.3 is 14.4 Å². The molecule has 0 aromatic carbocycles. The molecule has 1 aliphatic rings. The molecule has 1 aliphatic heterocycles. The molecule has 22 heavy (non-hydrogen) atoms. The third-order valence-corrected chi connectivity index (χ3v) is 4.20. The van der Waals surface area contributed by atoms with E-state index in [4.69, 9.17) is 4.52 Å². The van der Waals surface area contributed by atoms with Crippen LogP contribution in [0.3, 0.4) is 0 Å². The Balaban J connectivity index is 1.60. The van der Waals surface area contributed by atoms with Crippen molar-refractivity contribution in [3.05, 3.63) is 35.2 Å². The van der Waals surface area contributed by atoms with Gasteiger partial charge in [0.25, 0.3) is 5.91 Å². The molecule has 1 N–H and O–H groups in total. The fourth-order valence-corrected chi connectivity index (χ4v) is 2.88. The smallest absolute Gasteiger partial charge is 0.270 e. The summed E-state index contributed by atoms with van der Waals surface area (Å²) in [6.07, 6.45) is 2.76. The predicted octanol–water partition coefficient (Wildman–Crippen LogP) is 1.36. The number of nitrogens with one attached hydrogen (secondary N) is 1. The van der Waals surface area contributed by atoms with Gasteiger partial charge in [-0.3, -0.25) is 9.69 Å². The Morgan fingerprint density at radius 1 is 1.55 bits per heavy atom. The van der Waals surface area contributed by atoms with Crippen LogP contribution in [-0.2, 0) is 6.54 Å². The Labute approximate surface area is 129 Å². The molecule has 7 nitrogen and oxygen atoms in total. The van der Waals surface area contributed by atoms with Crippen LogP contribution in [0.4, 0.5) is 0 Å². The Hall–Kier alpha value is -2.15. The topological polar surface area (TPSA) is 78.3 Å². The van der Waals surface area contributed by atoms with Crippen molar-refractivity contribution in [2.75, 3.05) is 20.1 Å². The lowest BCUT2D eigenvalue weighted by atomic mass is 10.2. The summed E-state index contributed by atoms with van der Waals surface area (Å²) >= 11 is 0. The van der Waals surface area contributed by atoms with Gasteiger partial charge in [0.2, 0.25) is 5.89 Å². The number of likely N-dealkylation sites (tertiary alicyclic amines) is 1. The van der Waals surface area contributed by atoms with Crippen LogP contribution in [0.1, 0.15) is 34.2 Å². The van der Waals surface area contributed by atoms with Crippen LogP contribution in [-0.4, -0.2) is 57.0 Å². The van der Waals surface area contributed by atoms with E-state index in [2.05, 4.69) is 20.0 Å². The van der Waals surface area contributed by atoms with Gasteiger partial charge in [-0.05, 0) is 32.0 Å². The van der Waals surface area contributed by atoms with Crippen molar-refractivity contribution in [3.8, 4) is 0 Å². The largest absolute Gasteiger partial charge is 0.357 e. The highest BCUT2D eigenvalue weighted by Gasteiger charge is 2.30. The highest BCUT2D eigenvalue weighted by molar-refractivity contribution is 5.94. The molecule has 1 unspecified atom stereocenters. The summed E-state index contributed by atoms with van der Waals surface area (Å²) in [4.78, 5) is 23.8. The molecule has 0 saturated carbocycles. The molecular weight excluding hydrogens is 282 g/mol. The minimum Gasteiger partial charge on any atom is -0.357 e. The molecule has 0 spiro atoms. The van der Waals surface area contributed by atoms with E-state index in [0.29, 0.717) is 30.0 Å². The first-order valence-corrected chi connectivity index (χ1v) is 7.47. The normalized spacial score (nSPS) is 18.4. The molecule has 7 heteroatoms. The number of hydrogen-bond acceptors (Lipinski definition) is 5. The second kappa shape index (κ2) is 5.92. The van der Waals surface area contributed by atoms with E-state index in [1.54, 1.807) is 13.1 Å². The van der Waals surface area contributed by atoms with E-state index < -0.39 is 0 Å². The van der Waals surface area contributed by atoms with Gasteiger partial charge in [-0.25, -0.2) is 0 Å². The SMILES string of the molecule is Cc1nc(CN(C)C2CCN(C(=O)c3[nH]ccc3C)C2)no1. The maximum atomic E-state index is 12.5. The third kappa shape index (κ3) is 2.89. The molecule has 1 amide bonds. The van der Waals surface area contributed by atoms with Crippen LogP contribution in [0, 0.1) is 13.8 Å². The summed E-state index contributed by atoms with van der Waals surface area (Å²) in [5.41, 5.74) is 1.68. The van der Waals surface area contributed by atoms with Gasteiger partial charge in [0.15, 0.2) is 5.82 Å². The number of likely N-dealkylation sites (N-methyl/N-ethyl adjacent to an activating group) is 1. The molecule has 1 fully saturated rings. The molecule has 2 aromatic heterocycles. The van der Waals surface area contributed by atoms with Gasteiger partial charge in [0.1, 0.15) is 5.69 Å². The number of aromatic nitrogens is 3. The number of amides is 1. The summed E-state index contributed by atoms with van der Waals surface area (Å²) in [5.74, 6) is 1.34. The van der Waals surface area contributed by atoms with E-state index in [-0.39, 0.29) is 5.91 Å². The van der Waals surface area contributed by atoms with Crippen LogP contribution >= 0.6 is 0 Å². The van der Waals surface area contributed by atoms with Gasteiger partial charge >= 0.3 is 0 Å². The first kappa shape index (κ1) is 14.8. The van der Waals surface area contributed by atoms with Crippen LogP contribution < -0.4 is 0 Å². The Morgan fingerprint density at radius 2 is 2.36 bits per heavy atom. The quantitative estimate of drug-likeness (QED) is 0.922. The van der Waals surface area contributed by atoms with Gasteiger partial charge in [-0.1, -0.05) is 5.16 Å².